The van der Waals surface area contributed by atoms with Crippen LogP contribution in [0, 0.1) is 0 Å². The Labute approximate surface area is 88.7 Å². The van der Waals surface area contributed by atoms with Crippen LogP contribution in [0.4, 0.5) is 0 Å². The van der Waals surface area contributed by atoms with Gasteiger partial charge in [0.25, 0.3) is 0 Å². The Kier molecular flexibility index (Phi) is 1.64. The molecular weight excluding hydrogens is 212 g/mol. The molecule has 15 heavy (non-hydrogen) atoms. The summed E-state index contributed by atoms with van der Waals surface area (Å²) in [5, 5.41) is 9.91. The Morgan fingerprint density at radius 1 is 1.27 bits per heavy atom. The average Bonchev–Trinajstić information content (AvgIpc) is 2.87. The van der Waals surface area contributed by atoms with Crippen molar-refractivity contribution >= 4 is 9.84 Å². The first-order valence-electron chi connectivity index (χ1n) is 5.10. The van der Waals surface area contributed by atoms with Crippen LogP contribution in [0.3, 0.4) is 0 Å². The van der Waals surface area contributed by atoms with E-state index in [0.717, 1.165) is 24.0 Å². The summed E-state index contributed by atoms with van der Waals surface area (Å²) in [5.74, 6) is 0.213. The molecule has 0 unspecified atom stereocenters. The molecule has 1 saturated carbocycles. The Morgan fingerprint density at radius 2 is 2.00 bits per heavy atom. The molecule has 0 spiro atoms. The normalized spacial score (nSPS) is 24.9. The molecule has 1 aliphatic heterocycles. The fraction of sp³-hybridized carbons (Fsp3) is 0.455. The second-order valence-corrected chi connectivity index (χ2v) is 6.50. The summed E-state index contributed by atoms with van der Waals surface area (Å²) in [7, 11) is -3.07. The predicted molar refractivity (Wildman–Crippen MR) is 55.3 cm³/mol. The summed E-state index contributed by atoms with van der Waals surface area (Å²) in [5.41, 5.74) is 0.905. The molecule has 1 N–H and O–H groups in total. The van der Waals surface area contributed by atoms with E-state index in [1.165, 1.54) is 0 Å². The SMILES string of the molecule is O=S1(=O)CCc2ccc(C3(O)CC3)cc21. The van der Waals surface area contributed by atoms with Crippen molar-refractivity contribution in [1.82, 2.24) is 0 Å². The molecule has 1 fully saturated rings. The zero-order chi connectivity index (χ0) is 10.7. The molecular formula is C11H12O3S. The van der Waals surface area contributed by atoms with E-state index in [-0.39, 0.29) is 5.75 Å². The molecule has 0 aromatic heterocycles. The number of benzene rings is 1. The minimum atomic E-state index is -3.07. The van der Waals surface area contributed by atoms with E-state index in [1.54, 1.807) is 6.07 Å². The van der Waals surface area contributed by atoms with Gasteiger partial charge in [-0.25, -0.2) is 8.42 Å². The standard InChI is InChI=1S/C11H12O3S/c12-11(4-5-11)9-2-1-8-3-6-15(13,14)10(8)7-9/h1-2,7,12H,3-6H2. The van der Waals surface area contributed by atoms with Gasteiger partial charge in [-0.15, -0.1) is 0 Å². The molecule has 0 atom stereocenters. The van der Waals surface area contributed by atoms with E-state index in [0.29, 0.717) is 11.3 Å². The Morgan fingerprint density at radius 3 is 2.67 bits per heavy atom. The highest BCUT2D eigenvalue weighted by Crippen LogP contribution is 2.46. The number of aliphatic hydroxyl groups is 1. The van der Waals surface area contributed by atoms with Crippen LogP contribution in [-0.4, -0.2) is 19.3 Å². The minimum absolute atomic E-state index is 0.213. The topological polar surface area (TPSA) is 54.4 Å². The molecule has 3 rings (SSSR count). The molecule has 1 heterocycles. The van der Waals surface area contributed by atoms with Crippen molar-refractivity contribution in [2.45, 2.75) is 29.8 Å². The molecule has 1 aliphatic carbocycles. The van der Waals surface area contributed by atoms with Gasteiger partial charge in [-0.3, -0.25) is 0 Å². The van der Waals surface area contributed by atoms with Crippen molar-refractivity contribution in [3.63, 3.8) is 0 Å². The molecule has 1 aromatic carbocycles. The first kappa shape index (κ1) is 9.36. The molecule has 0 radical (unpaired) electrons. The van der Waals surface area contributed by atoms with Crippen LogP contribution in [0.2, 0.25) is 0 Å². The number of rotatable bonds is 1. The number of hydrogen-bond donors (Lipinski definition) is 1. The Bertz CT molecular complexity index is 527. The van der Waals surface area contributed by atoms with E-state index in [9.17, 15) is 13.5 Å². The highest BCUT2D eigenvalue weighted by Gasteiger charge is 2.43. The van der Waals surface area contributed by atoms with Crippen molar-refractivity contribution < 1.29 is 13.5 Å². The quantitative estimate of drug-likeness (QED) is 0.774. The summed E-state index contributed by atoms with van der Waals surface area (Å²) in [6, 6.07) is 5.35. The largest absolute Gasteiger partial charge is 0.385 e. The van der Waals surface area contributed by atoms with Crippen molar-refractivity contribution in [2.24, 2.45) is 0 Å². The summed E-state index contributed by atoms with van der Waals surface area (Å²) in [6.07, 6.45) is 2.09. The number of aryl methyl sites for hydroxylation is 1. The number of sulfone groups is 1. The van der Waals surface area contributed by atoms with E-state index < -0.39 is 15.4 Å². The van der Waals surface area contributed by atoms with E-state index in [2.05, 4.69) is 0 Å². The van der Waals surface area contributed by atoms with Crippen LogP contribution in [0.1, 0.15) is 24.0 Å². The molecule has 0 saturated heterocycles. The molecule has 3 nitrogen and oxygen atoms in total. The lowest BCUT2D eigenvalue weighted by molar-refractivity contribution is 0.151. The lowest BCUT2D eigenvalue weighted by Crippen LogP contribution is -2.06. The minimum Gasteiger partial charge on any atom is -0.385 e. The highest BCUT2D eigenvalue weighted by molar-refractivity contribution is 7.91. The van der Waals surface area contributed by atoms with Crippen LogP contribution in [0.5, 0.6) is 0 Å². The van der Waals surface area contributed by atoms with Crippen molar-refractivity contribution in [2.75, 3.05) is 5.75 Å². The van der Waals surface area contributed by atoms with E-state index >= 15 is 0 Å². The molecule has 1 aromatic rings. The summed E-state index contributed by atoms with van der Waals surface area (Å²) in [6.45, 7) is 0. The maximum Gasteiger partial charge on any atom is 0.178 e. The van der Waals surface area contributed by atoms with Gasteiger partial charge in [0.05, 0.1) is 16.2 Å². The van der Waals surface area contributed by atoms with Gasteiger partial charge in [-0.2, -0.15) is 0 Å². The average molecular weight is 224 g/mol. The van der Waals surface area contributed by atoms with Crippen molar-refractivity contribution in [3.05, 3.63) is 29.3 Å². The third-order valence-electron chi connectivity index (χ3n) is 3.30. The highest BCUT2D eigenvalue weighted by atomic mass is 32.2. The molecule has 2 aliphatic rings. The van der Waals surface area contributed by atoms with Gasteiger partial charge < -0.3 is 5.11 Å². The number of fused-ring (bicyclic) bond motifs is 1. The second kappa shape index (κ2) is 2.62. The van der Waals surface area contributed by atoms with Gasteiger partial charge in [0, 0.05) is 0 Å². The van der Waals surface area contributed by atoms with Crippen LogP contribution in [-0.2, 0) is 21.9 Å². The molecule has 0 bridgehead atoms. The van der Waals surface area contributed by atoms with Crippen molar-refractivity contribution in [3.8, 4) is 0 Å². The first-order valence-corrected chi connectivity index (χ1v) is 6.75. The summed E-state index contributed by atoms with van der Waals surface area (Å²) in [4.78, 5) is 0.431. The zero-order valence-electron chi connectivity index (χ0n) is 8.23. The van der Waals surface area contributed by atoms with Gasteiger partial charge in [0.2, 0.25) is 0 Å². The van der Waals surface area contributed by atoms with Gasteiger partial charge in [-0.05, 0) is 36.5 Å². The first-order chi connectivity index (χ1) is 7.01. The predicted octanol–water partition coefficient (Wildman–Crippen LogP) is 0.998. The Hall–Kier alpha value is -0.870. The lowest BCUT2D eigenvalue weighted by Gasteiger charge is -2.09. The molecule has 4 heteroatoms. The van der Waals surface area contributed by atoms with E-state index in [1.807, 2.05) is 12.1 Å². The third-order valence-corrected chi connectivity index (χ3v) is 5.10. The van der Waals surface area contributed by atoms with Crippen LogP contribution in [0.15, 0.2) is 23.1 Å². The molecule has 0 amide bonds. The number of hydrogen-bond acceptors (Lipinski definition) is 3. The zero-order valence-corrected chi connectivity index (χ0v) is 9.05. The smallest absolute Gasteiger partial charge is 0.178 e. The lowest BCUT2D eigenvalue weighted by atomic mass is 10.0. The molecule has 80 valence electrons. The maximum atomic E-state index is 11.7. The van der Waals surface area contributed by atoms with Gasteiger partial charge >= 0.3 is 0 Å². The van der Waals surface area contributed by atoms with Crippen LogP contribution in [0.25, 0.3) is 0 Å². The Balaban J connectivity index is 2.18. The van der Waals surface area contributed by atoms with Gasteiger partial charge in [0.1, 0.15) is 0 Å². The monoisotopic (exact) mass is 224 g/mol. The van der Waals surface area contributed by atoms with Gasteiger partial charge in [-0.1, -0.05) is 12.1 Å². The maximum absolute atomic E-state index is 11.7. The summed E-state index contributed by atoms with van der Waals surface area (Å²) >= 11 is 0. The summed E-state index contributed by atoms with van der Waals surface area (Å²) < 4.78 is 23.3. The van der Waals surface area contributed by atoms with Gasteiger partial charge in [0.15, 0.2) is 9.84 Å². The fourth-order valence-electron chi connectivity index (χ4n) is 2.10. The van der Waals surface area contributed by atoms with Crippen molar-refractivity contribution in [1.29, 1.82) is 0 Å². The fourth-order valence-corrected chi connectivity index (χ4v) is 3.69. The van der Waals surface area contributed by atoms with Crippen LogP contribution >= 0.6 is 0 Å². The van der Waals surface area contributed by atoms with E-state index in [4.69, 9.17) is 0 Å². The second-order valence-electron chi connectivity index (χ2n) is 4.42. The van der Waals surface area contributed by atoms with Crippen LogP contribution < -0.4 is 0 Å². The third kappa shape index (κ3) is 1.32.